The van der Waals surface area contributed by atoms with E-state index in [0.717, 1.165) is 11.3 Å². The monoisotopic (exact) mass is 260 g/mol. The Hall–Kier alpha value is -2.14. The summed E-state index contributed by atoms with van der Waals surface area (Å²) in [6, 6.07) is 5.12. The van der Waals surface area contributed by atoms with Gasteiger partial charge in [-0.1, -0.05) is 0 Å². The van der Waals surface area contributed by atoms with Crippen LogP contribution in [0.5, 0.6) is 0 Å². The molecule has 0 fully saturated rings. The number of furan rings is 1. The SMILES string of the molecule is Cc1occc1CN(C)Cc1ncccc1C(=O)O. The van der Waals surface area contributed by atoms with Crippen molar-refractivity contribution in [1.82, 2.24) is 9.88 Å². The predicted molar refractivity (Wildman–Crippen MR) is 69.8 cm³/mol. The van der Waals surface area contributed by atoms with E-state index in [1.54, 1.807) is 24.6 Å². The van der Waals surface area contributed by atoms with Gasteiger partial charge in [0.25, 0.3) is 0 Å². The van der Waals surface area contributed by atoms with Crippen LogP contribution in [0.25, 0.3) is 0 Å². The van der Waals surface area contributed by atoms with Gasteiger partial charge in [0.15, 0.2) is 0 Å². The lowest BCUT2D eigenvalue weighted by atomic mass is 10.2. The second-order valence-electron chi connectivity index (χ2n) is 4.48. The highest BCUT2D eigenvalue weighted by atomic mass is 16.4. The minimum absolute atomic E-state index is 0.248. The first-order valence-electron chi connectivity index (χ1n) is 5.96. The molecule has 0 saturated heterocycles. The Morgan fingerprint density at radius 1 is 1.42 bits per heavy atom. The van der Waals surface area contributed by atoms with Crippen LogP contribution >= 0.6 is 0 Å². The molecule has 0 unspecified atom stereocenters. The van der Waals surface area contributed by atoms with Crippen LogP contribution < -0.4 is 0 Å². The third kappa shape index (κ3) is 3.20. The van der Waals surface area contributed by atoms with Gasteiger partial charge in [0.05, 0.1) is 17.5 Å². The number of pyridine rings is 1. The first-order chi connectivity index (χ1) is 9.08. The van der Waals surface area contributed by atoms with Crippen LogP contribution in [0.3, 0.4) is 0 Å². The average Bonchev–Trinajstić information content (AvgIpc) is 2.75. The Labute approximate surface area is 111 Å². The summed E-state index contributed by atoms with van der Waals surface area (Å²) in [5.74, 6) is -0.0673. The zero-order valence-corrected chi connectivity index (χ0v) is 11.0. The number of rotatable bonds is 5. The Morgan fingerprint density at radius 3 is 2.84 bits per heavy atom. The number of hydrogen-bond acceptors (Lipinski definition) is 4. The van der Waals surface area contributed by atoms with E-state index in [4.69, 9.17) is 9.52 Å². The molecule has 0 spiro atoms. The summed E-state index contributed by atoms with van der Waals surface area (Å²) in [6.45, 7) is 3.08. The third-order valence-corrected chi connectivity index (χ3v) is 2.95. The van der Waals surface area contributed by atoms with Crippen LogP contribution in [-0.2, 0) is 13.1 Å². The van der Waals surface area contributed by atoms with E-state index >= 15 is 0 Å². The van der Waals surface area contributed by atoms with Crippen molar-refractivity contribution in [3.63, 3.8) is 0 Å². The first-order valence-corrected chi connectivity index (χ1v) is 5.96. The van der Waals surface area contributed by atoms with Crippen molar-refractivity contribution >= 4 is 5.97 Å². The summed E-state index contributed by atoms with van der Waals surface area (Å²) >= 11 is 0. The molecule has 5 nitrogen and oxygen atoms in total. The molecular formula is C14H16N2O3. The highest BCUT2D eigenvalue weighted by Gasteiger charge is 2.13. The molecule has 0 radical (unpaired) electrons. The van der Waals surface area contributed by atoms with Crippen LogP contribution in [0.4, 0.5) is 0 Å². The summed E-state index contributed by atoms with van der Waals surface area (Å²) in [7, 11) is 1.92. The fraction of sp³-hybridized carbons (Fsp3) is 0.286. The number of aromatic carboxylic acids is 1. The fourth-order valence-corrected chi connectivity index (χ4v) is 1.94. The zero-order valence-electron chi connectivity index (χ0n) is 11.0. The summed E-state index contributed by atoms with van der Waals surface area (Å²) in [5.41, 5.74) is 1.91. The maximum absolute atomic E-state index is 11.1. The normalized spacial score (nSPS) is 10.9. The summed E-state index contributed by atoms with van der Waals surface area (Å²) in [4.78, 5) is 17.3. The van der Waals surface area contributed by atoms with Crippen molar-refractivity contribution in [3.8, 4) is 0 Å². The maximum atomic E-state index is 11.1. The zero-order chi connectivity index (χ0) is 13.8. The molecule has 2 aromatic heterocycles. The van der Waals surface area contributed by atoms with Crippen molar-refractivity contribution in [2.45, 2.75) is 20.0 Å². The van der Waals surface area contributed by atoms with Crippen LogP contribution in [0.1, 0.15) is 27.4 Å². The van der Waals surface area contributed by atoms with Gasteiger partial charge in [-0.25, -0.2) is 4.79 Å². The third-order valence-electron chi connectivity index (χ3n) is 2.95. The number of carboxylic acids is 1. The average molecular weight is 260 g/mol. The molecule has 0 aliphatic heterocycles. The van der Waals surface area contributed by atoms with Crippen molar-refractivity contribution in [2.75, 3.05) is 7.05 Å². The van der Waals surface area contributed by atoms with Gasteiger partial charge in [0.2, 0.25) is 0 Å². The number of carboxylic acid groups (broad SMARTS) is 1. The van der Waals surface area contributed by atoms with Gasteiger partial charge in [0.1, 0.15) is 5.76 Å². The number of aromatic nitrogens is 1. The van der Waals surface area contributed by atoms with E-state index < -0.39 is 5.97 Å². The molecule has 0 atom stereocenters. The Balaban J connectivity index is 2.09. The lowest BCUT2D eigenvalue weighted by Gasteiger charge is -2.16. The molecule has 2 aromatic rings. The predicted octanol–water partition coefficient (Wildman–Crippen LogP) is 2.31. The van der Waals surface area contributed by atoms with Gasteiger partial charge in [-0.2, -0.15) is 0 Å². The van der Waals surface area contributed by atoms with Gasteiger partial charge in [-0.15, -0.1) is 0 Å². The smallest absolute Gasteiger partial charge is 0.337 e. The molecule has 2 rings (SSSR count). The largest absolute Gasteiger partial charge is 0.478 e. The first kappa shape index (κ1) is 13.3. The van der Waals surface area contributed by atoms with Gasteiger partial charge in [-0.3, -0.25) is 9.88 Å². The molecular weight excluding hydrogens is 244 g/mol. The molecule has 0 aliphatic carbocycles. The van der Waals surface area contributed by atoms with Crippen LogP contribution in [0.2, 0.25) is 0 Å². The van der Waals surface area contributed by atoms with E-state index in [2.05, 4.69) is 4.98 Å². The molecule has 2 heterocycles. The highest BCUT2D eigenvalue weighted by molar-refractivity contribution is 5.88. The Morgan fingerprint density at radius 2 is 2.21 bits per heavy atom. The van der Waals surface area contributed by atoms with Gasteiger partial charge < -0.3 is 9.52 Å². The van der Waals surface area contributed by atoms with Crippen molar-refractivity contribution in [2.24, 2.45) is 0 Å². The van der Waals surface area contributed by atoms with E-state index in [1.807, 2.05) is 24.9 Å². The minimum atomic E-state index is -0.948. The van der Waals surface area contributed by atoms with Gasteiger partial charge in [-0.05, 0) is 32.2 Å². The molecule has 19 heavy (non-hydrogen) atoms. The molecule has 1 N–H and O–H groups in total. The van der Waals surface area contributed by atoms with Gasteiger partial charge >= 0.3 is 5.97 Å². The fourth-order valence-electron chi connectivity index (χ4n) is 1.94. The lowest BCUT2D eigenvalue weighted by molar-refractivity contribution is 0.0694. The molecule has 0 aromatic carbocycles. The second-order valence-corrected chi connectivity index (χ2v) is 4.48. The highest BCUT2D eigenvalue weighted by Crippen LogP contribution is 2.14. The topological polar surface area (TPSA) is 66.6 Å². The van der Waals surface area contributed by atoms with E-state index in [1.165, 1.54) is 0 Å². The van der Waals surface area contributed by atoms with Crippen molar-refractivity contribution in [1.29, 1.82) is 0 Å². The number of nitrogens with zero attached hydrogens (tertiary/aromatic N) is 2. The molecule has 0 saturated carbocycles. The summed E-state index contributed by atoms with van der Waals surface area (Å²) < 4.78 is 5.24. The minimum Gasteiger partial charge on any atom is -0.478 e. The summed E-state index contributed by atoms with van der Waals surface area (Å²) in [5, 5.41) is 9.11. The van der Waals surface area contributed by atoms with Gasteiger partial charge in [0, 0.05) is 24.8 Å². The maximum Gasteiger partial charge on any atom is 0.337 e. The standard InChI is InChI=1S/C14H16N2O3/c1-10-11(5-7-19-10)8-16(2)9-13-12(14(17)18)4-3-6-15-13/h3-7H,8-9H2,1-2H3,(H,17,18). The van der Waals surface area contributed by atoms with Crippen molar-refractivity contribution < 1.29 is 14.3 Å². The number of hydrogen-bond donors (Lipinski definition) is 1. The Bertz CT molecular complexity index is 578. The second kappa shape index (κ2) is 5.67. The number of carbonyl (C=O) groups is 1. The summed E-state index contributed by atoms with van der Waals surface area (Å²) in [6.07, 6.45) is 3.26. The molecule has 5 heteroatoms. The van der Waals surface area contributed by atoms with E-state index in [-0.39, 0.29) is 5.56 Å². The van der Waals surface area contributed by atoms with Crippen LogP contribution in [-0.4, -0.2) is 28.0 Å². The number of aryl methyl sites for hydroxylation is 1. The Kier molecular flexibility index (Phi) is 3.97. The molecule has 100 valence electrons. The van der Waals surface area contributed by atoms with Crippen LogP contribution in [0.15, 0.2) is 35.1 Å². The quantitative estimate of drug-likeness (QED) is 0.893. The van der Waals surface area contributed by atoms with Crippen molar-refractivity contribution in [3.05, 3.63) is 53.2 Å². The lowest BCUT2D eigenvalue weighted by Crippen LogP contribution is -2.20. The van der Waals surface area contributed by atoms with E-state index in [0.29, 0.717) is 18.8 Å². The molecule has 0 aliphatic rings. The molecule has 0 bridgehead atoms. The molecule has 0 amide bonds. The van der Waals surface area contributed by atoms with Crippen LogP contribution in [0, 0.1) is 6.92 Å². The van der Waals surface area contributed by atoms with E-state index in [9.17, 15) is 4.79 Å².